The third-order valence-corrected chi connectivity index (χ3v) is 8.60. The van der Waals surface area contributed by atoms with Gasteiger partial charge in [-0.2, -0.15) is 0 Å². The van der Waals surface area contributed by atoms with E-state index in [0.717, 1.165) is 48.2 Å². The Kier molecular flexibility index (Phi) is 6.33. The summed E-state index contributed by atoms with van der Waals surface area (Å²) in [6.07, 6.45) is 6.54. The Labute approximate surface area is 242 Å². The molecule has 0 bridgehead atoms. The Bertz CT molecular complexity index is 1860. The zero-order valence-corrected chi connectivity index (χ0v) is 23.4. The summed E-state index contributed by atoms with van der Waals surface area (Å²) < 4.78 is 23.4. The SMILES string of the molecule is C=CC(=O)N1CC2CC(c3ccc4ncnc(Nc5cc(C)c(Oc6ccc7c(c6)ncn7C)cc5F)c4n3)C[C@@H]2C1. The van der Waals surface area contributed by atoms with Crippen LogP contribution < -0.4 is 10.1 Å². The molecule has 2 unspecified atom stereocenters. The maximum absolute atomic E-state index is 15.4. The second-order valence-electron chi connectivity index (χ2n) is 11.3. The van der Waals surface area contributed by atoms with Crippen molar-refractivity contribution >= 4 is 39.5 Å². The van der Waals surface area contributed by atoms with E-state index in [9.17, 15) is 4.79 Å². The maximum atomic E-state index is 15.4. The number of aromatic nitrogens is 5. The van der Waals surface area contributed by atoms with E-state index in [4.69, 9.17) is 9.72 Å². The van der Waals surface area contributed by atoms with Gasteiger partial charge in [-0.05, 0) is 73.6 Å². The largest absolute Gasteiger partial charge is 0.457 e. The molecule has 2 fully saturated rings. The van der Waals surface area contributed by atoms with E-state index >= 15 is 4.39 Å². The molecule has 1 N–H and O–H groups in total. The molecule has 7 rings (SSSR count). The first-order valence-electron chi connectivity index (χ1n) is 14.1. The van der Waals surface area contributed by atoms with E-state index in [2.05, 4.69) is 26.8 Å². The van der Waals surface area contributed by atoms with Crippen molar-refractivity contribution in [3.8, 4) is 11.5 Å². The van der Waals surface area contributed by atoms with Crippen LogP contribution in [0.25, 0.3) is 22.1 Å². The number of likely N-dealkylation sites (tertiary alicyclic amines) is 1. The van der Waals surface area contributed by atoms with Gasteiger partial charge in [0.25, 0.3) is 0 Å². The number of anilines is 2. The Hall–Kier alpha value is -4.86. The molecule has 10 heteroatoms. The molecule has 42 heavy (non-hydrogen) atoms. The third kappa shape index (κ3) is 4.62. The zero-order valence-electron chi connectivity index (χ0n) is 23.4. The van der Waals surface area contributed by atoms with Crippen molar-refractivity contribution in [2.24, 2.45) is 18.9 Å². The standard InChI is InChI=1S/C32H30FN7O2/c1-4-30(41)40-14-20-10-19(11-21(20)15-40)24-6-7-25-31(37-24)32(35-16-34-25)38-26-9-18(2)29(13-23(26)33)42-22-5-8-28-27(12-22)36-17-39(28)3/h4-9,12-13,16-17,19-21H,1,10-11,14-15H2,2-3H3,(H,34,35,38)/t19?,20-,21?/m1/s1. The van der Waals surface area contributed by atoms with Gasteiger partial charge in [-0.1, -0.05) is 6.58 Å². The molecule has 1 saturated heterocycles. The number of carbonyl (C=O) groups is 1. The summed E-state index contributed by atoms with van der Waals surface area (Å²) in [5.41, 5.74) is 5.07. The maximum Gasteiger partial charge on any atom is 0.245 e. The minimum absolute atomic E-state index is 0.00527. The van der Waals surface area contributed by atoms with Crippen molar-refractivity contribution in [3.63, 3.8) is 0 Å². The van der Waals surface area contributed by atoms with Gasteiger partial charge < -0.3 is 19.5 Å². The van der Waals surface area contributed by atoms with Crippen LogP contribution in [0, 0.1) is 24.6 Å². The van der Waals surface area contributed by atoms with Crippen LogP contribution in [-0.2, 0) is 11.8 Å². The van der Waals surface area contributed by atoms with Gasteiger partial charge >= 0.3 is 0 Å². The fraction of sp³-hybridized carbons (Fsp3) is 0.281. The molecule has 2 aromatic carbocycles. The number of pyridine rings is 1. The molecule has 2 aliphatic rings. The lowest BCUT2D eigenvalue weighted by Gasteiger charge is -2.18. The van der Waals surface area contributed by atoms with E-state index in [1.807, 2.05) is 53.8 Å². The van der Waals surface area contributed by atoms with Crippen LogP contribution in [0.2, 0.25) is 0 Å². The lowest BCUT2D eigenvalue weighted by molar-refractivity contribution is -0.125. The predicted molar refractivity (Wildman–Crippen MR) is 158 cm³/mol. The highest BCUT2D eigenvalue weighted by atomic mass is 19.1. The highest BCUT2D eigenvalue weighted by molar-refractivity contribution is 5.88. The number of aryl methyl sites for hydroxylation is 2. The molecular weight excluding hydrogens is 533 g/mol. The smallest absolute Gasteiger partial charge is 0.245 e. The average molecular weight is 564 g/mol. The molecule has 0 radical (unpaired) electrons. The number of hydrogen-bond donors (Lipinski definition) is 1. The highest BCUT2D eigenvalue weighted by Crippen LogP contribution is 2.46. The summed E-state index contributed by atoms with van der Waals surface area (Å²) in [4.78, 5) is 32.1. The minimum atomic E-state index is -0.473. The van der Waals surface area contributed by atoms with Gasteiger partial charge in [0.15, 0.2) is 5.82 Å². The normalized spacial score (nSPS) is 19.8. The van der Waals surface area contributed by atoms with E-state index < -0.39 is 5.82 Å². The van der Waals surface area contributed by atoms with Crippen LogP contribution in [0.15, 0.2) is 67.8 Å². The van der Waals surface area contributed by atoms with E-state index in [-0.39, 0.29) is 11.6 Å². The van der Waals surface area contributed by atoms with Gasteiger partial charge in [0.05, 0.1) is 28.6 Å². The van der Waals surface area contributed by atoms with Crippen LogP contribution >= 0.6 is 0 Å². The zero-order chi connectivity index (χ0) is 29.0. The number of benzene rings is 2. The van der Waals surface area contributed by atoms with E-state index in [0.29, 0.717) is 46.1 Å². The molecular formula is C32H30FN7O2. The molecule has 3 atom stereocenters. The fourth-order valence-corrected chi connectivity index (χ4v) is 6.43. The summed E-state index contributed by atoms with van der Waals surface area (Å²) in [5, 5.41) is 3.15. The van der Waals surface area contributed by atoms with Crippen LogP contribution in [0.5, 0.6) is 11.5 Å². The van der Waals surface area contributed by atoms with Gasteiger partial charge in [-0.25, -0.2) is 24.3 Å². The predicted octanol–water partition coefficient (Wildman–Crippen LogP) is 6.03. The molecule has 9 nitrogen and oxygen atoms in total. The lowest BCUT2D eigenvalue weighted by atomic mass is 10.0. The summed E-state index contributed by atoms with van der Waals surface area (Å²) in [5.74, 6) is 2.19. The monoisotopic (exact) mass is 563 g/mol. The summed E-state index contributed by atoms with van der Waals surface area (Å²) >= 11 is 0. The number of amides is 1. The second-order valence-corrected chi connectivity index (χ2v) is 11.3. The highest BCUT2D eigenvalue weighted by Gasteiger charge is 2.42. The minimum Gasteiger partial charge on any atom is -0.457 e. The molecule has 1 aliphatic heterocycles. The number of rotatable bonds is 6. The number of fused-ring (bicyclic) bond motifs is 3. The Morgan fingerprint density at radius 3 is 2.67 bits per heavy atom. The van der Waals surface area contributed by atoms with Crippen LogP contribution in [-0.4, -0.2) is 48.4 Å². The van der Waals surface area contributed by atoms with Crippen molar-refractivity contribution in [1.82, 2.24) is 29.4 Å². The molecule has 4 heterocycles. The van der Waals surface area contributed by atoms with Crippen molar-refractivity contribution < 1.29 is 13.9 Å². The third-order valence-electron chi connectivity index (χ3n) is 8.60. The molecule has 212 valence electrons. The van der Waals surface area contributed by atoms with Crippen molar-refractivity contribution in [1.29, 1.82) is 0 Å². The van der Waals surface area contributed by atoms with Crippen molar-refractivity contribution in [2.45, 2.75) is 25.7 Å². The first-order chi connectivity index (χ1) is 20.4. The quantitative estimate of drug-likeness (QED) is 0.252. The number of nitrogens with one attached hydrogen (secondary N) is 1. The average Bonchev–Trinajstić information content (AvgIpc) is 3.69. The van der Waals surface area contributed by atoms with E-state index in [1.165, 1.54) is 18.5 Å². The Morgan fingerprint density at radius 2 is 1.88 bits per heavy atom. The fourth-order valence-electron chi connectivity index (χ4n) is 6.43. The first-order valence-corrected chi connectivity index (χ1v) is 14.1. The molecule has 1 aliphatic carbocycles. The number of imidazole rings is 1. The summed E-state index contributed by atoms with van der Waals surface area (Å²) in [6.45, 7) is 7.03. The van der Waals surface area contributed by atoms with Crippen LogP contribution in [0.4, 0.5) is 15.9 Å². The Morgan fingerprint density at radius 1 is 1.07 bits per heavy atom. The van der Waals surface area contributed by atoms with Gasteiger partial charge in [0.1, 0.15) is 29.2 Å². The molecule has 1 amide bonds. The number of carbonyl (C=O) groups excluding carboxylic acids is 1. The van der Waals surface area contributed by atoms with Gasteiger partial charge in [0, 0.05) is 43.9 Å². The number of hydrogen-bond acceptors (Lipinski definition) is 7. The van der Waals surface area contributed by atoms with Crippen molar-refractivity contribution in [2.75, 3.05) is 18.4 Å². The number of ether oxygens (including phenoxy) is 1. The topological polar surface area (TPSA) is 98.1 Å². The molecule has 1 saturated carbocycles. The van der Waals surface area contributed by atoms with Gasteiger partial charge in [0.2, 0.25) is 5.91 Å². The van der Waals surface area contributed by atoms with Crippen molar-refractivity contribution in [3.05, 3.63) is 84.8 Å². The number of halogens is 1. The van der Waals surface area contributed by atoms with Crippen LogP contribution in [0.3, 0.4) is 0 Å². The lowest BCUT2D eigenvalue weighted by Crippen LogP contribution is -2.27. The molecule has 0 spiro atoms. The van der Waals surface area contributed by atoms with Gasteiger partial charge in [-0.15, -0.1) is 0 Å². The van der Waals surface area contributed by atoms with Crippen LogP contribution in [0.1, 0.15) is 30.0 Å². The van der Waals surface area contributed by atoms with E-state index in [1.54, 1.807) is 12.4 Å². The summed E-state index contributed by atoms with van der Waals surface area (Å²) in [6, 6.07) is 12.7. The molecule has 5 aromatic rings. The first kappa shape index (κ1) is 26.1. The number of nitrogens with zero attached hydrogens (tertiary/aromatic N) is 6. The Balaban J connectivity index is 1.11. The van der Waals surface area contributed by atoms with Gasteiger partial charge in [-0.3, -0.25) is 4.79 Å². The summed E-state index contributed by atoms with van der Waals surface area (Å²) in [7, 11) is 1.93. The second kappa shape index (κ2) is 10.2. The molecule has 3 aromatic heterocycles.